The second-order valence-electron chi connectivity index (χ2n) is 4.85. The Hall–Kier alpha value is -1.40. The fourth-order valence-corrected chi connectivity index (χ4v) is 1.88. The Morgan fingerprint density at radius 2 is 2.21 bits per heavy atom. The molecule has 19 heavy (non-hydrogen) atoms. The number of nitrogens with zero attached hydrogens (tertiary/aromatic N) is 5. The smallest absolute Gasteiger partial charge is 0.255 e. The van der Waals surface area contributed by atoms with Crippen molar-refractivity contribution >= 4 is 23.2 Å². The van der Waals surface area contributed by atoms with Crippen LogP contribution in [0, 0.1) is 6.92 Å². The Balaban J connectivity index is 2.15. The van der Waals surface area contributed by atoms with E-state index in [1.165, 1.54) is 6.33 Å². The molecule has 2 rings (SSSR count). The summed E-state index contributed by atoms with van der Waals surface area (Å²) < 4.78 is 1.68. The van der Waals surface area contributed by atoms with Crippen LogP contribution in [0.15, 0.2) is 6.33 Å². The zero-order valence-corrected chi connectivity index (χ0v) is 12.4. The summed E-state index contributed by atoms with van der Waals surface area (Å²) in [6, 6.07) is 0.523. The number of halogens is 1. The van der Waals surface area contributed by atoms with Crippen molar-refractivity contribution in [2.75, 3.05) is 25.5 Å². The first-order valence-electron chi connectivity index (χ1n) is 6.30. The monoisotopic (exact) mass is 282 g/mol. The molecule has 0 atom stereocenters. The zero-order valence-electron chi connectivity index (χ0n) is 11.7. The molecular formula is C12H19ClN6. The van der Waals surface area contributed by atoms with Crippen LogP contribution in [-0.4, -0.2) is 50.7 Å². The molecule has 2 aromatic heterocycles. The van der Waals surface area contributed by atoms with Crippen LogP contribution in [0.3, 0.4) is 0 Å². The predicted octanol–water partition coefficient (Wildman–Crippen LogP) is 1.84. The summed E-state index contributed by atoms with van der Waals surface area (Å²) in [5, 5.41) is 7.98. The van der Waals surface area contributed by atoms with Crippen molar-refractivity contribution < 1.29 is 0 Å². The lowest BCUT2D eigenvalue weighted by atomic mass is 10.3. The maximum absolute atomic E-state index is 6.10. The van der Waals surface area contributed by atoms with E-state index in [9.17, 15) is 0 Å². The molecule has 0 unspecified atom stereocenters. The van der Waals surface area contributed by atoms with Crippen LogP contribution >= 0.6 is 11.6 Å². The van der Waals surface area contributed by atoms with Crippen molar-refractivity contribution in [2.45, 2.75) is 26.8 Å². The molecule has 0 aromatic carbocycles. The molecule has 2 heterocycles. The van der Waals surface area contributed by atoms with Gasteiger partial charge in [-0.3, -0.25) is 0 Å². The second kappa shape index (κ2) is 5.71. The third-order valence-corrected chi connectivity index (χ3v) is 3.61. The SMILES string of the molecule is Cc1c(Cl)nc2ncnn2c1NCCN(C)C(C)C. The average molecular weight is 283 g/mol. The van der Waals surface area contributed by atoms with Crippen LogP contribution in [-0.2, 0) is 0 Å². The van der Waals surface area contributed by atoms with Crippen molar-refractivity contribution in [1.29, 1.82) is 0 Å². The van der Waals surface area contributed by atoms with Crippen LogP contribution in [0.2, 0.25) is 5.15 Å². The van der Waals surface area contributed by atoms with Gasteiger partial charge in [0, 0.05) is 24.7 Å². The van der Waals surface area contributed by atoms with Crippen molar-refractivity contribution in [2.24, 2.45) is 0 Å². The molecule has 6 nitrogen and oxygen atoms in total. The number of nitrogens with one attached hydrogen (secondary N) is 1. The highest BCUT2D eigenvalue weighted by atomic mass is 35.5. The highest BCUT2D eigenvalue weighted by molar-refractivity contribution is 6.30. The van der Waals surface area contributed by atoms with Crippen LogP contribution < -0.4 is 5.32 Å². The number of rotatable bonds is 5. The topological polar surface area (TPSA) is 58.4 Å². The molecule has 0 saturated carbocycles. The number of fused-ring (bicyclic) bond motifs is 1. The molecule has 0 amide bonds. The lowest BCUT2D eigenvalue weighted by Crippen LogP contribution is -2.31. The molecule has 0 bridgehead atoms. The summed E-state index contributed by atoms with van der Waals surface area (Å²) in [5.41, 5.74) is 0.881. The molecule has 1 N–H and O–H groups in total. The third-order valence-electron chi connectivity index (χ3n) is 3.24. The summed E-state index contributed by atoms with van der Waals surface area (Å²) in [5.74, 6) is 1.36. The maximum Gasteiger partial charge on any atom is 0.255 e. The summed E-state index contributed by atoms with van der Waals surface area (Å²) in [6.07, 6.45) is 1.48. The molecule has 0 spiro atoms. The van der Waals surface area contributed by atoms with Crippen molar-refractivity contribution in [1.82, 2.24) is 24.5 Å². The van der Waals surface area contributed by atoms with Crippen molar-refractivity contribution in [3.05, 3.63) is 17.0 Å². The normalized spacial score (nSPS) is 11.7. The van der Waals surface area contributed by atoms with Gasteiger partial charge in [-0.05, 0) is 27.8 Å². The van der Waals surface area contributed by atoms with Gasteiger partial charge in [0.15, 0.2) is 0 Å². The summed E-state index contributed by atoms with van der Waals surface area (Å²) in [6.45, 7) is 8.01. The number of anilines is 1. The first kappa shape index (κ1) is 14.0. The molecule has 0 radical (unpaired) electrons. The molecular weight excluding hydrogens is 264 g/mol. The molecule has 7 heteroatoms. The minimum atomic E-state index is 0.459. The van der Waals surface area contributed by atoms with Crippen LogP contribution in [0.5, 0.6) is 0 Å². The van der Waals surface area contributed by atoms with Gasteiger partial charge in [-0.2, -0.15) is 19.6 Å². The highest BCUT2D eigenvalue weighted by Gasteiger charge is 2.12. The van der Waals surface area contributed by atoms with E-state index in [1.54, 1.807) is 4.52 Å². The van der Waals surface area contributed by atoms with E-state index in [4.69, 9.17) is 11.6 Å². The third kappa shape index (κ3) is 2.96. The van der Waals surface area contributed by atoms with Gasteiger partial charge in [-0.1, -0.05) is 11.6 Å². The molecule has 0 aliphatic carbocycles. The van der Waals surface area contributed by atoms with E-state index in [0.717, 1.165) is 24.5 Å². The molecule has 2 aromatic rings. The standard InChI is InChI=1S/C12H19ClN6/c1-8(2)18(4)6-5-14-11-9(3)10(13)17-12-15-7-16-19(11)12/h7-8,14H,5-6H2,1-4H3. The van der Waals surface area contributed by atoms with Gasteiger partial charge in [-0.15, -0.1) is 0 Å². The lowest BCUT2D eigenvalue weighted by molar-refractivity contribution is 0.284. The highest BCUT2D eigenvalue weighted by Crippen LogP contribution is 2.21. The first-order chi connectivity index (χ1) is 9.00. The molecule has 0 fully saturated rings. The van der Waals surface area contributed by atoms with Crippen LogP contribution in [0.1, 0.15) is 19.4 Å². The quantitative estimate of drug-likeness (QED) is 0.848. The number of likely N-dealkylation sites (N-methyl/N-ethyl adjacent to an activating group) is 1. The fraction of sp³-hybridized carbons (Fsp3) is 0.583. The zero-order chi connectivity index (χ0) is 14.0. The Kier molecular flexibility index (Phi) is 4.21. The summed E-state index contributed by atoms with van der Waals surface area (Å²) in [7, 11) is 2.10. The fourth-order valence-electron chi connectivity index (χ4n) is 1.71. The van der Waals surface area contributed by atoms with E-state index in [0.29, 0.717) is 17.0 Å². The van der Waals surface area contributed by atoms with Crippen molar-refractivity contribution in [3.8, 4) is 0 Å². The molecule has 104 valence electrons. The van der Waals surface area contributed by atoms with Gasteiger partial charge in [0.25, 0.3) is 5.78 Å². The summed E-state index contributed by atoms with van der Waals surface area (Å²) >= 11 is 6.10. The van der Waals surface area contributed by atoms with E-state index in [2.05, 4.69) is 46.2 Å². The average Bonchev–Trinajstić information content (AvgIpc) is 2.81. The molecule has 0 saturated heterocycles. The van der Waals surface area contributed by atoms with E-state index in [-0.39, 0.29) is 0 Å². The van der Waals surface area contributed by atoms with E-state index in [1.807, 2.05) is 6.92 Å². The minimum Gasteiger partial charge on any atom is -0.368 e. The van der Waals surface area contributed by atoms with Gasteiger partial charge in [0.1, 0.15) is 17.3 Å². The maximum atomic E-state index is 6.10. The number of hydrogen-bond acceptors (Lipinski definition) is 5. The van der Waals surface area contributed by atoms with Crippen LogP contribution in [0.25, 0.3) is 5.78 Å². The van der Waals surface area contributed by atoms with Gasteiger partial charge < -0.3 is 10.2 Å². The van der Waals surface area contributed by atoms with Crippen LogP contribution in [0.4, 0.5) is 5.82 Å². The van der Waals surface area contributed by atoms with Gasteiger partial charge in [-0.25, -0.2) is 0 Å². The molecule has 0 aliphatic rings. The number of hydrogen-bond donors (Lipinski definition) is 1. The van der Waals surface area contributed by atoms with E-state index >= 15 is 0 Å². The van der Waals surface area contributed by atoms with E-state index < -0.39 is 0 Å². The molecule has 0 aliphatic heterocycles. The van der Waals surface area contributed by atoms with Gasteiger partial charge in [0.05, 0.1) is 0 Å². The second-order valence-corrected chi connectivity index (χ2v) is 5.21. The predicted molar refractivity (Wildman–Crippen MR) is 76.8 cm³/mol. The largest absolute Gasteiger partial charge is 0.368 e. The Labute approximate surface area is 117 Å². The minimum absolute atomic E-state index is 0.459. The Morgan fingerprint density at radius 3 is 2.89 bits per heavy atom. The number of aromatic nitrogens is 4. The van der Waals surface area contributed by atoms with Crippen molar-refractivity contribution in [3.63, 3.8) is 0 Å². The Bertz CT molecular complexity index is 565. The van der Waals surface area contributed by atoms with Gasteiger partial charge >= 0.3 is 0 Å². The Morgan fingerprint density at radius 1 is 1.47 bits per heavy atom. The first-order valence-corrected chi connectivity index (χ1v) is 6.68. The van der Waals surface area contributed by atoms with Gasteiger partial charge in [0.2, 0.25) is 0 Å². The lowest BCUT2D eigenvalue weighted by Gasteiger charge is -2.21. The summed E-state index contributed by atoms with van der Waals surface area (Å²) in [4.78, 5) is 10.5.